The van der Waals surface area contributed by atoms with Crippen molar-refractivity contribution < 1.29 is 31.1 Å². The van der Waals surface area contributed by atoms with Crippen LogP contribution in [0.1, 0.15) is 5.56 Å². The van der Waals surface area contributed by atoms with Gasteiger partial charge < -0.3 is 9.64 Å². The van der Waals surface area contributed by atoms with Gasteiger partial charge in [0.1, 0.15) is 6.73 Å². The standard InChI is InChI=1S/C16H18F3NO4S2/c1-25-12-8-20(10-24-9-12)15(21)7-14(16(17,18)19)11-4-3-5-13(6-11)26(2,22)23/h3-7,12H,8-10H2,1-2H3/b14-7-. The fourth-order valence-corrected chi connectivity index (χ4v) is 3.61. The van der Waals surface area contributed by atoms with E-state index in [4.69, 9.17) is 4.74 Å². The van der Waals surface area contributed by atoms with Crippen molar-refractivity contribution in [3.63, 3.8) is 0 Å². The fourth-order valence-electron chi connectivity index (χ4n) is 2.38. The van der Waals surface area contributed by atoms with Crippen molar-refractivity contribution in [2.45, 2.75) is 16.3 Å². The highest BCUT2D eigenvalue weighted by atomic mass is 32.2. The lowest BCUT2D eigenvalue weighted by Crippen LogP contribution is -2.44. The quantitative estimate of drug-likeness (QED) is 0.716. The molecule has 1 aromatic carbocycles. The van der Waals surface area contributed by atoms with Crippen LogP contribution in [0.15, 0.2) is 35.2 Å². The van der Waals surface area contributed by atoms with Crippen molar-refractivity contribution >= 4 is 33.1 Å². The van der Waals surface area contributed by atoms with Crippen LogP contribution in [0.5, 0.6) is 0 Å². The lowest BCUT2D eigenvalue weighted by molar-refractivity contribution is -0.135. The first-order valence-electron chi connectivity index (χ1n) is 7.51. The Morgan fingerprint density at radius 1 is 1.38 bits per heavy atom. The molecule has 1 amide bonds. The van der Waals surface area contributed by atoms with Crippen LogP contribution in [-0.4, -0.2) is 63.0 Å². The number of benzene rings is 1. The summed E-state index contributed by atoms with van der Waals surface area (Å²) in [5, 5.41) is -0.0102. The Labute approximate surface area is 154 Å². The number of nitrogens with zero attached hydrogens (tertiary/aromatic N) is 1. The van der Waals surface area contributed by atoms with E-state index >= 15 is 0 Å². The first-order valence-corrected chi connectivity index (χ1v) is 10.7. The van der Waals surface area contributed by atoms with E-state index in [-0.39, 0.29) is 29.0 Å². The highest BCUT2D eigenvalue weighted by molar-refractivity contribution is 7.99. The second-order valence-electron chi connectivity index (χ2n) is 5.77. The molecule has 1 aromatic rings. The van der Waals surface area contributed by atoms with E-state index in [1.807, 2.05) is 6.26 Å². The van der Waals surface area contributed by atoms with Gasteiger partial charge in [-0.25, -0.2) is 8.42 Å². The fraction of sp³-hybridized carbons (Fsp3) is 0.438. The summed E-state index contributed by atoms with van der Waals surface area (Å²) < 4.78 is 68.9. The van der Waals surface area contributed by atoms with Gasteiger partial charge in [0.05, 0.1) is 17.1 Å². The molecule has 0 radical (unpaired) electrons. The maximum absolute atomic E-state index is 13.5. The number of alkyl halides is 3. The number of amides is 1. The number of rotatable bonds is 4. The normalized spacial score (nSPS) is 19.5. The monoisotopic (exact) mass is 409 g/mol. The number of carbonyl (C=O) groups is 1. The first-order chi connectivity index (χ1) is 12.0. The summed E-state index contributed by atoms with van der Waals surface area (Å²) in [5.74, 6) is -0.833. The maximum atomic E-state index is 13.5. The lowest BCUT2D eigenvalue weighted by atomic mass is 10.0. The molecule has 0 aliphatic carbocycles. The molecule has 26 heavy (non-hydrogen) atoms. The van der Waals surface area contributed by atoms with E-state index in [9.17, 15) is 26.4 Å². The van der Waals surface area contributed by atoms with Crippen molar-refractivity contribution in [3.8, 4) is 0 Å². The zero-order valence-corrected chi connectivity index (χ0v) is 15.7. The van der Waals surface area contributed by atoms with Crippen LogP contribution in [0.2, 0.25) is 0 Å². The van der Waals surface area contributed by atoms with Gasteiger partial charge in [-0.05, 0) is 24.0 Å². The minimum atomic E-state index is -4.82. The molecule has 1 saturated heterocycles. The zero-order valence-electron chi connectivity index (χ0n) is 14.1. The third-order valence-electron chi connectivity index (χ3n) is 3.77. The number of allylic oxidation sites excluding steroid dienone is 1. The van der Waals surface area contributed by atoms with E-state index in [1.165, 1.54) is 28.8 Å². The maximum Gasteiger partial charge on any atom is 0.417 e. The van der Waals surface area contributed by atoms with Gasteiger partial charge in [0, 0.05) is 24.1 Å². The minimum absolute atomic E-state index is 0.0102. The second-order valence-corrected chi connectivity index (χ2v) is 8.93. The van der Waals surface area contributed by atoms with E-state index in [1.54, 1.807) is 0 Å². The number of ether oxygens (including phenoxy) is 1. The van der Waals surface area contributed by atoms with Crippen LogP contribution >= 0.6 is 11.8 Å². The number of halogens is 3. The van der Waals surface area contributed by atoms with Gasteiger partial charge in [0.2, 0.25) is 5.91 Å². The van der Waals surface area contributed by atoms with Crippen LogP contribution in [0.4, 0.5) is 13.2 Å². The minimum Gasteiger partial charge on any atom is -0.360 e. The molecule has 0 N–H and O–H groups in total. The number of carbonyl (C=O) groups excluding carboxylic acids is 1. The van der Waals surface area contributed by atoms with Crippen LogP contribution < -0.4 is 0 Å². The van der Waals surface area contributed by atoms with E-state index in [0.29, 0.717) is 12.7 Å². The van der Waals surface area contributed by atoms with Gasteiger partial charge in [-0.1, -0.05) is 12.1 Å². The highest BCUT2D eigenvalue weighted by Gasteiger charge is 2.36. The summed E-state index contributed by atoms with van der Waals surface area (Å²) in [7, 11) is -3.68. The average Bonchev–Trinajstić information content (AvgIpc) is 2.57. The summed E-state index contributed by atoms with van der Waals surface area (Å²) in [6.07, 6.45) is -1.59. The van der Waals surface area contributed by atoms with Crippen LogP contribution in [0, 0.1) is 0 Å². The molecule has 1 unspecified atom stereocenters. The van der Waals surface area contributed by atoms with E-state index in [2.05, 4.69) is 0 Å². The molecule has 0 saturated carbocycles. The van der Waals surface area contributed by atoms with Gasteiger partial charge in [0.15, 0.2) is 9.84 Å². The number of hydrogen-bond donors (Lipinski definition) is 0. The smallest absolute Gasteiger partial charge is 0.360 e. The van der Waals surface area contributed by atoms with Crippen molar-refractivity contribution in [2.75, 3.05) is 32.4 Å². The molecule has 1 aliphatic rings. The molecule has 2 rings (SSSR count). The third kappa shape index (κ3) is 5.24. The molecule has 1 heterocycles. The molecule has 1 atom stereocenters. The Morgan fingerprint density at radius 3 is 2.65 bits per heavy atom. The zero-order chi connectivity index (χ0) is 19.5. The summed E-state index contributed by atoms with van der Waals surface area (Å²) in [4.78, 5) is 13.3. The predicted octanol–water partition coefficient (Wildman–Crippen LogP) is 2.58. The van der Waals surface area contributed by atoms with Gasteiger partial charge in [-0.15, -0.1) is 0 Å². The Kier molecular flexibility index (Phi) is 6.41. The molecule has 144 valence electrons. The third-order valence-corrected chi connectivity index (χ3v) is 5.83. The van der Waals surface area contributed by atoms with Gasteiger partial charge in [-0.3, -0.25) is 4.79 Å². The van der Waals surface area contributed by atoms with Crippen molar-refractivity contribution in [2.24, 2.45) is 0 Å². The molecule has 0 spiro atoms. The van der Waals surface area contributed by atoms with Gasteiger partial charge >= 0.3 is 6.18 Å². The summed E-state index contributed by atoms with van der Waals surface area (Å²) in [5.41, 5.74) is -1.58. The number of thioether (sulfide) groups is 1. The van der Waals surface area contributed by atoms with Crippen molar-refractivity contribution in [3.05, 3.63) is 35.9 Å². The van der Waals surface area contributed by atoms with Crippen LogP contribution in [0.3, 0.4) is 0 Å². The Morgan fingerprint density at radius 2 is 2.08 bits per heavy atom. The Balaban J connectivity index is 2.39. The summed E-state index contributed by atoms with van der Waals surface area (Å²) >= 11 is 1.46. The molecule has 10 heteroatoms. The molecular weight excluding hydrogens is 391 g/mol. The number of hydrogen-bond acceptors (Lipinski definition) is 5. The van der Waals surface area contributed by atoms with Crippen LogP contribution in [-0.2, 0) is 19.4 Å². The molecule has 1 fully saturated rings. The largest absolute Gasteiger partial charge is 0.417 e. The highest BCUT2D eigenvalue weighted by Crippen LogP contribution is 2.35. The molecule has 5 nitrogen and oxygen atoms in total. The van der Waals surface area contributed by atoms with Gasteiger partial charge in [0.25, 0.3) is 0 Å². The van der Waals surface area contributed by atoms with Gasteiger partial charge in [-0.2, -0.15) is 24.9 Å². The first kappa shape index (κ1) is 20.8. The molecule has 0 aromatic heterocycles. The molecule has 0 bridgehead atoms. The van der Waals surface area contributed by atoms with E-state index < -0.39 is 27.5 Å². The summed E-state index contributed by atoms with van der Waals surface area (Å²) in [6.45, 7) is 0.628. The SMILES string of the molecule is CSC1COCN(C(=O)/C=C(/c2cccc(S(C)(=O)=O)c2)C(F)(F)F)C1. The predicted molar refractivity (Wildman–Crippen MR) is 93.4 cm³/mol. The Hall–Kier alpha value is -1.52. The Bertz CT molecular complexity index is 806. The number of sulfone groups is 1. The topological polar surface area (TPSA) is 63.7 Å². The second kappa shape index (κ2) is 8.01. The van der Waals surface area contributed by atoms with Crippen molar-refractivity contribution in [1.82, 2.24) is 4.90 Å². The summed E-state index contributed by atoms with van der Waals surface area (Å²) in [6, 6.07) is 4.46. The average molecular weight is 409 g/mol. The molecular formula is C16H18F3NO4S2. The van der Waals surface area contributed by atoms with Crippen molar-refractivity contribution in [1.29, 1.82) is 0 Å². The molecule has 1 aliphatic heterocycles. The van der Waals surface area contributed by atoms with Crippen LogP contribution in [0.25, 0.3) is 5.57 Å². The lowest BCUT2D eigenvalue weighted by Gasteiger charge is -2.31. The van der Waals surface area contributed by atoms with E-state index in [0.717, 1.165) is 18.4 Å².